The van der Waals surface area contributed by atoms with Crippen LogP contribution in [0.25, 0.3) is 11.4 Å². The van der Waals surface area contributed by atoms with Crippen LogP contribution >= 0.6 is 0 Å². The highest BCUT2D eigenvalue weighted by atomic mass is 19.1. The first-order chi connectivity index (χ1) is 17.1. The molecule has 0 saturated carbocycles. The van der Waals surface area contributed by atoms with E-state index in [1.165, 1.54) is 12.1 Å². The Hall–Kier alpha value is -4.40. The number of aromatic nitrogens is 4. The lowest BCUT2D eigenvalue weighted by atomic mass is 10.2. The summed E-state index contributed by atoms with van der Waals surface area (Å²) in [7, 11) is 0. The molecule has 0 spiro atoms. The number of carbonyl (C=O) groups is 1. The monoisotopic (exact) mass is 473 g/mol. The summed E-state index contributed by atoms with van der Waals surface area (Å²) < 4.78 is 18.9. The van der Waals surface area contributed by atoms with Crippen molar-refractivity contribution in [1.29, 1.82) is 0 Å². The first kappa shape index (κ1) is 23.7. The Morgan fingerprint density at radius 2 is 1.86 bits per heavy atom. The Balaban J connectivity index is 1.27. The van der Waals surface area contributed by atoms with Crippen LogP contribution in [0.1, 0.15) is 23.4 Å². The lowest BCUT2D eigenvalue weighted by Gasteiger charge is -2.08. The molecule has 9 heteroatoms. The third kappa shape index (κ3) is 7.04. The van der Waals surface area contributed by atoms with E-state index in [-0.39, 0.29) is 42.4 Å². The van der Waals surface area contributed by atoms with Crippen molar-refractivity contribution in [2.24, 2.45) is 0 Å². The van der Waals surface area contributed by atoms with Gasteiger partial charge in [-0.25, -0.2) is 4.39 Å². The lowest BCUT2D eigenvalue weighted by molar-refractivity contribution is -0.121. The summed E-state index contributed by atoms with van der Waals surface area (Å²) in [4.78, 5) is 31.4. The zero-order chi connectivity index (χ0) is 24.5. The van der Waals surface area contributed by atoms with Crippen molar-refractivity contribution >= 4 is 5.91 Å². The van der Waals surface area contributed by atoms with Crippen LogP contribution in [0.4, 0.5) is 4.39 Å². The Kier molecular flexibility index (Phi) is 7.90. The molecule has 0 aliphatic heterocycles. The fourth-order valence-corrected chi connectivity index (χ4v) is 3.35. The van der Waals surface area contributed by atoms with E-state index < -0.39 is 0 Å². The molecular weight excluding hydrogens is 449 g/mol. The molecule has 0 fully saturated rings. The van der Waals surface area contributed by atoms with E-state index in [9.17, 15) is 14.0 Å². The number of rotatable bonds is 10. The van der Waals surface area contributed by atoms with E-state index in [0.29, 0.717) is 30.1 Å². The summed E-state index contributed by atoms with van der Waals surface area (Å²) in [5, 5.41) is 10.9. The average molecular weight is 474 g/mol. The lowest BCUT2D eigenvalue weighted by Crippen LogP contribution is -2.27. The molecule has 2 aromatic carbocycles. The van der Waals surface area contributed by atoms with Crippen LogP contribution in [0.2, 0.25) is 0 Å². The highest BCUT2D eigenvalue weighted by Gasteiger charge is 2.10. The van der Waals surface area contributed by atoms with Crippen LogP contribution in [0, 0.1) is 5.82 Å². The number of aryl methyl sites for hydroxylation is 1. The maximum absolute atomic E-state index is 13.3. The number of amides is 1. The molecule has 0 unspecified atom stereocenters. The second-order valence-electron chi connectivity index (χ2n) is 7.81. The van der Waals surface area contributed by atoms with Crippen molar-refractivity contribution in [3.63, 3.8) is 0 Å². The highest BCUT2D eigenvalue weighted by molar-refractivity contribution is 5.76. The summed E-state index contributed by atoms with van der Waals surface area (Å²) in [6.45, 7) is 0.706. The van der Waals surface area contributed by atoms with Gasteiger partial charge in [0.1, 0.15) is 23.9 Å². The number of hydrogen-bond acceptors (Lipinski definition) is 6. The van der Waals surface area contributed by atoms with Crippen LogP contribution in [0.15, 0.2) is 77.7 Å². The van der Waals surface area contributed by atoms with Crippen LogP contribution in [-0.2, 0) is 24.2 Å². The van der Waals surface area contributed by atoms with Gasteiger partial charge in [0.05, 0.1) is 0 Å². The summed E-state index contributed by atoms with van der Waals surface area (Å²) >= 11 is 0. The van der Waals surface area contributed by atoms with Gasteiger partial charge >= 0.3 is 0 Å². The van der Waals surface area contributed by atoms with Gasteiger partial charge in [-0.3, -0.25) is 14.6 Å². The number of aromatic amines is 1. The minimum atomic E-state index is -0.386. The molecule has 0 saturated heterocycles. The molecule has 4 aromatic rings. The Morgan fingerprint density at radius 1 is 1.00 bits per heavy atom. The SMILES string of the molecule is O=C(CCc1nnc(-c2ccc(OCc3cccc(F)c3)cc2)[nH]c1=O)NCCc1ccccn1. The highest BCUT2D eigenvalue weighted by Crippen LogP contribution is 2.19. The number of halogens is 1. The van der Waals surface area contributed by atoms with Gasteiger partial charge in [-0.1, -0.05) is 18.2 Å². The number of carbonyl (C=O) groups excluding carboxylic acids is 1. The van der Waals surface area contributed by atoms with E-state index in [2.05, 4.69) is 25.5 Å². The topological polar surface area (TPSA) is 110 Å². The van der Waals surface area contributed by atoms with E-state index >= 15 is 0 Å². The molecule has 2 aromatic heterocycles. The molecule has 4 rings (SSSR count). The average Bonchev–Trinajstić information content (AvgIpc) is 2.88. The Morgan fingerprint density at radius 3 is 2.60 bits per heavy atom. The molecule has 0 atom stereocenters. The maximum atomic E-state index is 13.3. The van der Waals surface area contributed by atoms with E-state index in [1.807, 2.05) is 18.2 Å². The second kappa shape index (κ2) is 11.6. The molecule has 2 N–H and O–H groups in total. The Labute approximate surface area is 201 Å². The third-order valence-corrected chi connectivity index (χ3v) is 5.21. The maximum Gasteiger partial charge on any atom is 0.273 e. The number of ether oxygens (including phenoxy) is 1. The van der Waals surface area contributed by atoms with Crippen LogP contribution < -0.4 is 15.6 Å². The smallest absolute Gasteiger partial charge is 0.273 e. The van der Waals surface area contributed by atoms with Crippen molar-refractivity contribution in [2.45, 2.75) is 25.9 Å². The molecule has 1 amide bonds. The van der Waals surface area contributed by atoms with Crippen molar-refractivity contribution in [3.05, 3.63) is 106 Å². The van der Waals surface area contributed by atoms with Crippen molar-refractivity contribution in [3.8, 4) is 17.1 Å². The van der Waals surface area contributed by atoms with E-state index in [1.54, 1.807) is 42.6 Å². The van der Waals surface area contributed by atoms with Crippen molar-refractivity contribution < 1.29 is 13.9 Å². The summed E-state index contributed by atoms with van der Waals surface area (Å²) in [6, 6.07) is 18.8. The molecule has 178 valence electrons. The minimum Gasteiger partial charge on any atom is -0.489 e. The predicted molar refractivity (Wildman–Crippen MR) is 128 cm³/mol. The third-order valence-electron chi connectivity index (χ3n) is 5.21. The van der Waals surface area contributed by atoms with Crippen molar-refractivity contribution in [1.82, 2.24) is 25.5 Å². The van der Waals surface area contributed by atoms with Crippen LogP contribution in [0.3, 0.4) is 0 Å². The molecule has 2 heterocycles. The van der Waals surface area contributed by atoms with Crippen LogP contribution in [-0.4, -0.2) is 32.6 Å². The number of hydrogen-bond donors (Lipinski definition) is 2. The minimum absolute atomic E-state index is 0.136. The number of nitrogens with one attached hydrogen (secondary N) is 2. The standard InChI is InChI=1S/C26H24FN5O3/c27-20-5-3-4-18(16-20)17-35-22-9-7-19(8-10-22)25-30-26(34)23(31-32-25)11-12-24(33)29-15-13-21-6-1-2-14-28-21/h1-10,14,16H,11-13,15,17H2,(H,29,33)(H,30,32,34). The van der Waals surface area contributed by atoms with Gasteiger partial charge in [-0.2, -0.15) is 0 Å². The van der Waals surface area contributed by atoms with E-state index in [4.69, 9.17) is 4.74 Å². The Bertz CT molecular complexity index is 1330. The van der Waals surface area contributed by atoms with Gasteiger partial charge in [0.15, 0.2) is 5.82 Å². The summed E-state index contributed by atoms with van der Waals surface area (Å²) in [5.74, 6) is 0.433. The largest absolute Gasteiger partial charge is 0.489 e. The molecule has 35 heavy (non-hydrogen) atoms. The summed E-state index contributed by atoms with van der Waals surface area (Å²) in [5.41, 5.74) is 2.09. The zero-order valence-electron chi connectivity index (χ0n) is 18.9. The van der Waals surface area contributed by atoms with E-state index in [0.717, 1.165) is 11.3 Å². The molecule has 8 nitrogen and oxygen atoms in total. The van der Waals surface area contributed by atoms with Gasteiger partial charge in [0.2, 0.25) is 5.91 Å². The number of nitrogens with zero attached hydrogens (tertiary/aromatic N) is 3. The molecular formula is C26H24FN5O3. The normalized spacial score (nSPS) is 10.7. The molecule has 0 bridgehead atoms. The number of benzene rings is 2. The van der Waals surface area contributed by atoms with Gasteiger partial charge in [-0.05, 0) is 54.1 Å². The first-order valence-electron chi connectivity index (χ1n) is 11.2. The van der Waals surface area contributed by atoms with Gasteiger partial charge in [-0.15, -0.1) is 10.2 Å². The summed E-state index contributed by atoms with van der Waals surface area (Å²) in [6.07, 6.45) is 2.67. The molecule has 0 radical (unpaired) electrons. The van der Waals surface area contributed by atoms with Gasteiger partial charge in [0, 0.05) is 43.3 Å². The number of H-pyrrole nitrogens is 1. The number of pyridine rings is 1. The van der Waals surface area contributed by atoms with Gasteiger partial charge in [0.25, 0.3) is 5.56 Å². The fraction of sp³-hybridized carbons (Fsp3) is 0.192. The predicted octanol–water partition coefficient (Wildman–Crippen LogP) is 3.24. The van der Waals surface area contributed by atoms with Crippen molar-refractivity contribution in [2.75, 3.05) is 6.54 Å². The first-order valence-corrected chi connectivity index (χ1v) is 11.2. The zero-order valence-corrected chi connectivity index (χ0v) is 18.9. The van der Waals surface area contributed by atoms with Crippen LogP contribution in [0.5, 0.6) is 5.75 Å². The van der Waals surface area contributed by atoms with Gasteiger partial charge < -0.3 is 15.0 Å². The quantitative estimate of drug-likeness (QED) is 0.366. The fourth-order valence-electron chi connectivity index (χ4n) is 3.35. The second-order valence-corrected chi connectivity index (χ2v) is 7.81. The molecule has 0 aliphatic carbocycles. The molecule has 0 aliphatic rings.